The predicted octanol–water partition coefficient (Wildman–Crippen LogP) is 3.68. The number of hydrogen-bond donors (Lipinski definition) is 1. The Balaban J connectivity index is 2.16. The Bertz CT molecular complexity index is 668. The summed E-state index contributed by atoms with van der Waals surface area (Å²) in [5.74, 6) is -0.253. The zero-order valence-electron chi connectivity index (χ0n) is 11.8. The van der Waals surface area contributed by atoms with Gasteiger partial charge in [-0.3, -0.25) is 9.59 Å². The van der Waals surface area contributed by atoms with Crippen molar-refractivity contribution in [1.82, 2.24) is 0 Å². The molecule has 2 aromatic rings. The molecule has 1 N–H and O–H groups in total. The number of benzene rings is 2. The second-order valence-corrected chi connectivity index (χ2v) is 5.51. The number of hydrogen-bond acceptors (Lipinski definition) is 2. The second-order valence-electron chi connectivity index (χ2n) is 4.59. The van der Waals surface area contributed by atoms with E-state index in [0.29, 0.717) is 11.3 Å². The van der Waals surface area contributed by atoms with E-state index in [2.05, 4.69) is 21.2 Å². The fourth-order valence-corrected chi connectivity index (χ4v) is 2.04. The van der Waals surface area contributed by atoms with E-state index < -0.39 is 0 Å². The van der Waals surface area contributed by atoms with Gasteiger partial charge in [0.25, 0.3) is 5.91 Å². The van der Waals surface area contributed by atoms with Gasteiger partial charge in [-0.05, 0) is 42.5 Å². The molecular weight excluding hydrogens is 332 g/mol. The minimum Gasteiger partial charge on any atom is -0.322 e. The molecule has 0 aliphatic rings. The molecule has 2 aromatic carbocycles. The van der Waals surface area contributed by atoms with Gasteiger partial charge in [0.2, 0.25) is 5.91 Å². The van der Waals surface area contributed by atoms with Crippen LogP contribution < -0.4 is 10.2 Å². The Labute approximate surface area is 131 Å². The molecule has 0 aliphatic heterocycles. The zero-order valence-corrected chi connectivity index (χ0v) is 13.3. The fourth-order valence-electron chi connectivity index (χ4n) is 1.78. The van der Waals surface area contributed by atoms with Crippen molar-refractivity contribution in [2.75, 3.05) is 17.3 Å². The van der Waals surface area contributed by atoms with Crippen molar-refractivity contribution in [3.05, 3.63) is 58.6 Å². The van der Waals surface area contributed by atoms with E-state index in [1.807, 2.05) is 18.2 Å². The summed E-state index contributed by atoms with van der Waals surface area (Å²) >= 11 is 3.33. The van der Waals surface area contributed by atoms with Crippen LogP contribution in [-0.2, 0) is 4.79 Å². The number of halogens is 1. The lowest BCUT2D eigenvalue weighted by molar-refractivity contribution is -0.116. The topological polar surface area (TPSA) is 49.4 Å². The Morgan fingerprint density at radius 2 is 1.76 bits per heavy atom. The lowest BCUT2D eigenvalue weighted by atomic mass is 10.2. The summed E-state index contributed by atoms with van der Waals surface area (Å²) in [6.45, 7) is 1.49. The first-order valence-electron chi connectivity index (χ1n) is 6.38. The lowest BCUT2D eigenvalue weighted by Gasteiger charge is -2.16. The zero-order chi connectivity index (χ0) is 15.4. The van der Waals surface area contributed by atoms with Crippen molar-refractivity contribution in [2.24, 2.45) is 0 Å². The molecule has 0 unspecified atom stereocenters. The molecule has 0 saturated heterocycles. The maximum atomic E-state index is 12.1. The van der Waals surface area contributed by atoms with Crippen molar-refractivity contribution in [2.45, 2.75) is 6.92 Å². The molecule has 0 bridgehead atoms. The molecule has 0 fully saturated rings. The number of carbonyl (C=O) groups excluding carboxylic acids is 2. The highest BCUT2D eigenvalue weighted by atomic mass is 79.9. The molecule has 0 aromatic heterocycles. The van der Waals surface area contributed by atoms with E-state index in [9.17, 15) is 9.59 Å². The lowest BCUT2D eigenvalue weighted by Crippen LogP contribution is -2.23. The van der Waals surface area contributed by atoms with Crippen molar-refractivity contribution in [1.29, 1.82) is 0 Å². The number of nitrogens with one attached hydrogen (secondary N) is 1. The third-order valence-electron chi connectivity index (χ3n) is 3.07. The minimum atomic E-state index is -0.190. The monoisotopic (exact) mass is 346 g/mol. The molecule has 0 spiro atoms. The Kier molecular flexibility index (Phi) is 4.75. The number of nitrogens with zero attached hydrogens (tertiary/aromatic N) is 1. The molecule has 4 nitrogen and oxygen atoms in total. The average molecular weight is 347 g/mol. The van der Waals surface area contributed by atoms with Crippen LogP contribution in [0.4, 0.5) is 11.4 Å². The highest BCUT2D eigenvalue weighted by molar-refractivity contribution is 9.10. The highest BCUT2D eigenvalue weighted by Gasteiger charge is 2.09. The van der Waals surface area contributed by atoms with Gasteiger partial charge in [-0.2, -0.15) is 0 Å². The van der Waals surface area contributed by atoms with Crippen molar-refractivity contribution >= 4 is 39.1 Å². The Hall–Kier alpha value is -2.14. The summed E-state index contributed by atoms with van der Waals surface area (Å²) in [6.07, 6.45) is 0. The largest absolute Gasteiger partial charge is 0.322 e. The van der Waals surface area contributed by atoms with Crippen molar-refractivity contribution < 1.29 is 9.59 Å². The van der Waals surface area contributed by atoms with E-state index in [-0.39, 0.29) is 11.8 Å². The average Bonchev–Trinajstić information content (AvgIpc) is 2.47. The van der Waals surface area contributed by atoms with Gasteiger partial charge in [-0.15, -0.1) is 0 Å². The van der Waals surface area contributed by atoms with Crippen LogP contribution in [0.2, 0.25) is 0 Å². The first kappa shape index (κ1) is 15.3. The molecule has 2 amide bonds. The van der Waals surface area contributed by atoms with Crippen molar-refractivity contribution in [3.63, 3.8) is 0 Å². The Morgan fingerprint density at radius 1 is 1.10 bits per heavy atom. The molecule has 5 heteroatoms. The summed E-state index contributed by atoms with van der Waals surface area (Å²) in [7, 11) is 1.69. The van der Waals surface area contributed by atoms with E-state index >= 15 is 0 Å². The minimum absolute atomic E-state index is 0.0635. The molecule has 0 radical (unpaired) electrons. The van der Waals surface area contributed by atoms with Gasteiger partial charge in [0.15, 0.2) is 0 Å². The van der Waals surface area contributed by atoms with Gasteiger partial charge in [0, 0.05) is 35.4 Å². The smallest absolute Gasteiger partial charge is 0.255 e. The molecule has 2 rings (SSSR count). The first-order valence-corrected chi connectivity index (χ1v) is 7.18. The number of carbonyl (C=O) groups is 2. The van der Waals surface area contributed by atoms with E-state index in [1.54, 1.807) is 37.4 Å². The van der Waals surface area contributed by atoms with Crippen LogP contribution >= 0.6 is 15.9 Å². The SMILES string of the molecule is CC(=O)N(C)c1cccc(NC(=O)c2ccc(Br)cc2)c1. The van der Waals surface area contributed by atoms with Gasteiger partial charge < -0.3 is 10.2 Å². The molecule has 0 atom stereocenters. The third-order valence-corrected chi connectivity index (χ3v) is 3.60. The molecule has 0 aliphatic carbocycles. The van der Waals surface area contributed by atoms with Crippen LogP contribution in [0.25, 0.3) is 0 Å². The van der Waals surface area contributed by atoms with Gasteiger partial charge in [0.05, 0.1) is 0 Å². The van der Waals surface area contributed by atoms with E-state index in [1.165, 1.54) is 11.8 Å². The van der Waals surface area contributed by atoms with Crippen LogP contribution in [-0.4, -0.2) is 18.9 Å². The van der Waals surface area contributed by atoms with Crippen molar-refractivity contribution in [3.8, 4) is 0 Å². The predicted molar refractivity (Wildman–Crippen MR) is 87.6 cm³/mol. The van der Waals surface area contributed by atoms with Crippen LogP contribution in [0.1, 0.15) is 17.3 Å². The van der Waals surface area contributed by atoms with E-state index in [4.69, 9.17) is 0 Å². The Morgan fingerprint density at radius 3 is 2.38 bits per heavy atom. The second kappa shape index (κ2) is 6.54. The number of rotatable bonds is 3. The summed E-state index contributed by atoms with van der Waals surface area (Å²) in [5, 5.41) is 2.82. The maximum Gasteiger partial charge on any atom is 0.255 e. The van der Waals surface area contributed by atoms with Crippen LogP contribution in [0.5, 0.6) is 0 Å². The van der Waals surface area contributed by atoms with Crippen LogP contribution in [0, 0.1) is 0 Å². The summed E-state index contributed by atoms with van der Waals surface area (Å²) < 4.78 is 0.920. The molecule has 21 heavy (non-hydrogen) atoms. The van der Waals surface area contributed by atoms with Gasteiger partial charge >= 0.3 is 0 Å². The van der Waals surface area contributed by atoms with Gasteiger partial charge in [-0.1, -0.05) is 22.0 Å². The third kappa shape index (κ3) is 3.92. The first-order chi connectivity index (χ1) is 9.97. The molecule has 0 heterocycles. The quantitative estimate of drug-likeness (QED) is 0.921. The summed E-state index contributed by atoms with van der Waals surface area (Å²) in [6, 6.07) is 14.3. The highest BCUT2D eigenvalue weighted by Crippen LogP contribution is 2.19. The molecule has 0 saturated carbocycles. The summed E-state index contributed by atoms with van der Waals surface area (Å²) in [5.41, 5.74) is 1.95. The molecule has 108 valence electrons. The fraction of sp³-hybridized carbons (Fsp3) is 0.125. The molecular formula is C16H15BrN2O2. The van der Waals surface area contributed by atoms with Gasteiger partial charge in [-0.25, -0.2) is 0 Å². The number of anilines is 2. The van der Waals surface area contributed by atoms with Crippen LogP contribution in [0.3, 0.4) is 0 Å². The standard InChI is InChI=1S/C16H15BrN2O2/c1-11(20)19(2)15-5-3-4-14(10-15)18-16(21)12-6-8-13(17)9-7-12/h3-10H,1-2H3,(H,18,21). The van der Waals surface area contributed by atoms with Gasteiger partial charge in [0.1, 0.15) is 0 Å². The van der Waals surface area contributed by atoms with Crippen LogP contribution in [0.15, 0.2) is 53.0 Å². The van der Waals surface area contributed by atoms with E-state index in [0.717, 1.165) is 10.2 Å². The summed E-state index contributed by atoms with van der Waals surface area (Å²) in [4.78, 5) is 25.0. The normalized spacial score (nSPS) is 10.0. The maximum absolute atomic E-state index is 12.1. The number of amides is 2.